The topological polar surface area (TPSA) is 74.6 Å². The lowest BCUT2D eigenvalue weighted by atomic mass is 9.99. The summed E-state index contributed by atoms with van der Waals surface area (Å²) in [7, 11) is 0. The second kappa shape index (κ2) is 6.27. The van der Waals surface area contributed by atoms with E-state index in [9.17, 15) is 14.7 Å². The molecule has 0 fully saturated rings. The lowest BCUT2D eigenvalue weighted by Crippen LogP contribution is -2.07. The lowest BCUT2D eigenvalue weighted by molar-refractivity contribution is 0.0652. The Morgan fingerprint density at radius 3 is 1.88 bits per heavy atom. The molecule has 0 heterocycles. The van der Waals surface area contributed by atoms with Crippen molar-refractivity contribution >= 4 is 22.7 Å². The Balaban J connectivity index is 2.08. The van der Waals surface area contributed by atoms with Crippen molar-refractivity contribution in [3.8, 4) is 11.8 Å². The van der Waals surface area contributed by atoms with Crippen molar-refractivity contribution in [1.82, 2.24) is 0 Å². The Bertz CT molecular complexity index is 1010. The van der Waals surface area contributed by atoms with Gasteiger partial charge in [0, 0.05) is 11.1 Å². The minimum atomic E-state index is -1.27. The second-order valence-corrected chi connectivity index (χ2v) is 5.19. The summed E-state index contributed by atoms with van der Waals surface area (Å²) in [5, 5.41) is 19.6. The monoisotopic (exact) mass is 316 g/mol. The SMILES string of the molecule is O=C(O)c1cc2ccc(C#Cc3ccccc3)cc2cc1C(=O)O. The molecule has 0 bridgehead atoms. The molecule has 0 radical (unpaired) electrons. The van der Waals surface area contributed by atoms with Gasteiger partial charge in [0.2, 0.25) is 0 Å². The van der Waals surface area contributed by atoms with Crippen molar-refractivity contribution in [1.29, 1.82) is 0 Å². The number of carboxylic acids is 2. The normalized spacial score (nSPS) is 10.0. The van der Waals surface area contributed by atoms with E-state index in [-0.39, 0.29) is 11.1 Å². The summed E-state index contributed by atoms with van der Waals surface area (Å²) in [5.41, 5.74) is 1.15. The van der Waals surface area contributed by atoms with E-state index in [0.717, 1.165) is 11.1 Å². The largest absolute Gasteiger partial charge is 0.478 e. The molecule has 0 aliphatic heterocycles. The second-order valence-electron chi connectivity index (χ2n) is 5.19. The van der Waals surface area contributed by atoms with Crippen LogP contribution in [0.1, 0.15) is 31.8 Å². The quantitative estimate of drug-likeness (QED) is 0.708. The van der Waals surface area contributed by atoms with Crippen molar-refractivity contribution in [3.63, 3.8) is 0 Å². The summed E-state index contributed by atoms with van der Waals surface area (Å²) in [6, 6.07) is 17.5. The van der Waals surface area contributed by atoms with E-state index in [2.05, 4.69) is 11.8 Å². The van der Waals surface area contributed by atoms with E-state index in [0.29, 0.717) is 10.8 Å². The zero-order valence-electron chi connectivity index (χ0n) is 12.5. The van der Waals surface area contributed by atoms with Crippen LogP contribution in [0.3, 0.4) is 0 Å². The van der Waals surface area contributed by atoms with E-state index >= 15 is 0 Å². The molecule has 0 aliphatic rings. The molecule has 0 saturated carbocycles. The fourth-order valence-electron chi connectivity index (χ4n) is 2.40. The van der Waals surface area contributed by atoms with Gasteiger partial charge in [-0.25, -0.2) is 9.59 Å². The number of carboxylic acid groups (broad SMARTS) is 2. The lowest BCUT2D eigenvalue weighted by Gasteiger charge is -2.05. The summed E-state index contributed by atoms with van der Waals surface area (Å²) in [6.07, 6.45) is 0. The molecule has 0 atom stereocenters. The number of aromatic carboxylic acids is 2. The van der Waals surface area contributed by atoms with E-state index in [4.69, 9.17) is 5.11 Å². The van der Waals surface area contributed by atoms with Crippen LogP contribution in [-0.4, -0.2) is 22.2 Å². The van der Waals surface area contributed by atoms with Crippen LogP contribution in [0.5, 0.6) is 0 Å². The molecule has 3 aromatic carbocycles. The number of carbonyl (C=O) groups is 2. The molecule has 4 heteroatoms. The zero-order valence-corrected chi connectivity index (χ0v) is 12.5. The molecule has 0 saturated heterocycles. The van der Waals surface area contributed by atoms with Gasteiger partial charge in [0.25, 0.3) is 0 Å². The highest BCUT2D eigenvalue weighted by Gasteiger charge is 2.16. The summed E-state index contributed by atoms with van der Waals surface area (Å²) >= 11 is 0. The van der Waals surface area contributed by atoms with Crippen LogP contribution in [0.15, 0.2) is 60.7 Å². The zero-order chi connectivity index (χ0) is 17.1. The molecule has 0 aromatic heterocycles. The molecule has 4 nitrogen and oxygen atoms in total. The molecular weight excluding hydrogens is 304 g/mol. The van der Waals surface area contributed by atoms with Gasteiger partial charge in [-0.05, 0) is 47.2 Å². The molecule has 2 N–H and O–H groups in total. The molecule has 3 aromatic rings. The van der Waals surface area contributed by atoms with Crippen LogP contribution in [-0.2, 0) is 0 Å². The fourth-order valence-corrected chi connectivity index (χ4v) is 2.40. The van der Waals surface area contributed by atoms with Gasteiger partial charge in [0.15, 0.2) is 0 Å². The Morgan fingerprint density at radius 2 is 1.25 bits per heavy atom. The van der Waals surface area contributed by atoms with E-state index < -0.39 is 11.9 Å². The molecule has 116 valence electrons. The van der Waals surface area contributed by atoms with E-state index in [1.54, 1.807) is 18.2 Å². The third-order valence-corrected chi connectivity index (χ3v) is 3.56. The fraction of sp³-hybridized carbons (Fsp3) is 0. The van der Waals surface area contributed by atoms with Gasteiger partial charge >= 0.3 is 11.9 Å². The highest BCUT2D eigenvalue weighted by atomic mass is 16.4. The van der Waals surface area contributed by atoms with E-state index in [1.807, 2.05) is 30.3 Å². The first-order valence-electron chi connectivity index (χ1n) is 7.16. The van der Waals surface area contributed by atoms with Gasteiger partial charge in [-0.2, -0.15) is 0 Å². The number of hydrogen-bond acceptors (Lipinski definition) is 2. The minimum Gasteiger partial charge on any atom is -0.478 e. The maximum Gasteiger partial charge on any atom is 0.336 e. The first-order valence-corrected chi connectivity index (χ1v) is 7.16. The molecule has 24 heavy (non-hydrogen) atoms. The van der Waals surface area contributed by atoms with E-state index in [1.165, 1.54) is 12.1 Å². The third kappa shape index (κ3) is 3.11. The number of fused-ring (bicyclic) bond motifs is 1. The average Bonchev–Trinajstić information content (AvgIpc) is 2.59. The van der Waals surface area contributed by atoms with Crippen molar-refractivity contribution in [2.24, 2.45) is 0 Å². The number of hydrogen-bond donors (Lipinski definition) is 2. The van der Waals surface area contributed by atoms with Crippen LogP contribution in [0, 0.1) is 11.8 Å². The van der Waals surface area contributed by atoms with Crippen LogP contribution in [0.4, 0.5) is 0 Å². The average molecular weight is 316 g/mol. The maximum atomic E-state index is 11.3. The van der Waals surface area contributed by atoms with Gasteiger partial charge in [-0.1, -0.05) is 36.1 Å². The van der Waals surface area contributed by atoms with Crippen LogP contribution < -0.4 is 0 Å². The smallest absolute Gasteiger partial charge is 0.336 e. The number of benzene rings is 3. The first-order chi connectivity index (χ1) is 11.5. The summed E-state index contributed by atoms with van der Waals surface area (Å²) < 4.78 is 0. The van der Waals surface area contributed by atoms with Crippen LogP contribution in [0.25, 0.3) is 10.8 Å². The minimum absolute atomic E-state index is 0.224. The van der Waals surface area contributed by atoms with Crippen LogP contribution in [0.2, 0.25) is 0 Å². The third-order valence-electron chi connectivity index (χ3n) is 3.56. The first kappa shape index (κ1) is 15.3. The molecule has 0 amide bonds. The predicted molar refractivity (Wildman–Crippen MR) is 90.3 cm³/mol. The summed E-state index contributed by atoms with van der Waals surface area (Å²) in [4.78, 5) is 22.5. The Morgan fingerprint density at radius 1 is 0.667 bits per heavy atom. The number of rotatable bonds is 2. The predicted octanol–water partition coefficient (Wildman–Crippen LogP) is 3.64. The molecule has 3 rings (SSSR count). The Labute approximate surface area is 138 Å². The van der Waals surface area contributed by atoms with Crippen molar-refractivity contribution in [3.05, 3.63) is 82.9 Å². The van der Waals surface area contributed by atoms with Gasteiger partial charge in [0.05, 0.1) is 11.1 Å². The van der Waals surface area contributed by atoms with Gasteiger partial charge < -0.3 is 10.2 Å². The molecule has 0 unspecified atom stereocenters. The van der Waals surface area contributed by atoms with Gasteiger partial charge in [-0.15, -0.1) is 0 Å². The van der Waals surface area contributed by atoms with Gasteiger partial charge in [-0.3, -0.25) is 0 Å². The standard InChI is InChI=1S/C20H12O4/c21-19(22)17-11-15-9-8-14(7-6-13-4-2-1-3-5-13)10-16(15)12-18(17)20(23)24/h1-5,8-12H,(H,21,22)(H,23,24). The summed E-state index contributed by atoms with van der Waals surface area (Å²) in [5.74, 6) is 3.53. The highest BCUT2D eigenvalue weighted by Crippen LogP contribution is 2.22. The molecule has 0 aliphatic carbocycles. The van der Waals surface area contributed by atoms with Crippen LogP contribution >= 0.6 is 0 Å². The van der Waals surface area contributed by atoms with Crippen molar-refractivity contribution < 1.29 is 19.8 Å². The van der Waals surface area contributed by atoms with Gasteiger partial charge in [0.1, 0.15) is 0 Å². The highest BCUT2D eigenvalue weighted by molar-refractivity contribution is 6.06. The van der Waals surface area contributed by atoms with Crippen molar-refractivity contribution in [2.75, 3.05) is 0 Å². The summed E-state index contributed by atoms with van der Waals surface area (Å²) in [6.45, 7) is 0. The Kier molecular flexibility index (Phi) is 4.00. The maximum absolute atomic E-state index is 11.3. The molecule has 0 spiro atoms. The van der Waals surface area contributed by atoms with Crippen molar-refractivity contribution in [2.45, 2.75) is 0 Å². The Hall–Kier alpha value is -3.58. The molecular formula is C20H12O4.